The Labute approximate surface area is 202 Å². The van der Waals surface area contributed by atoms with Gasteiger partial charge in [-0.1, -0.05) is 12.1 Å². The number of hydrazine groups is 1. The SMILES string of the molecule is COc1ccc2cc3c(nc2c1)N(c1ccc(C(=O)NNC(=O)c2ccccc2OC)cc1)CC3. The lowest BCUT2D eigenvalue weighted by molar-refractivity contribution is 0.0845. The molecule has 5 rings (SSSR count). The second-order valence-corrected chi connectivity index (χ2v) is 8.09. The van der Waals surface area contributed by atoms with E-state index in [4.69, 9.17) is 14.5 Å². The summed E-state index contributed by atoms with van der Waals surface area (Å²) >= 11 is 0. The molecule has 4 aromatic rings. The van der Waals surface area contributed by atoms with Gasteiger partial charge in [0.05, 0.1) is 25.3 Å². The van der Waals surface area contributed by atoms with Crippen molar-refractivity contribution < 1.29 is 19.1 Å². The van der Waals surface area contributed by atoms with E-state index in [1.807, 2.05) is 30.3 Å². The molecule has 2 heterocycles. The van der Waals surface area contributed by atoms with Crippen LogP contribution in [-0.4, -0.2) is 37.6 Å². The summed E-state index contributed by atoms with van der Waals surface area (Å²) in [6.45, 7) is 0.802. The minimum absolute atomic E-state index is 0.330. The average molecular weight is 469 g/mol. The van der Waals surface area contributed by atoms with Crippen LogP contribution in [0.4, 0.5) is 11.5 Å². The van der Waals surface area contributed by atoms with Crippen LogP contribution < -0.4 is 25.2 Å². The first kappa shape index (κ1) is 22.2. The Hall–Kier alpha value is -4.59. The number of para-hydroxylation sites is 1. The third-order valence-electron chi connectivity index (χ3n) is 6.02. The highest BCUT2D eigenvalue weighted by Gasteiger charge is 2.23. The number of rotatable bonds is 5. The molecule has 2 amide bonds. The summed E-state index contributed by atoms with van der Waals surface area (Å²) in [4.78, 5) is 32.0. The summed E-state index contributed by atoms with van der Waals surface area (Å²) in [7, 11) is 3.13. The van der Waals surface area contributed by atoms with Crippen LogP contribution in [0.2, 0.25) is 0 Å². The molecule has 1 aromatic heterocycles. The van der Waals surface area contributed by atoms with Gasteiger partial charge in [-0.15, -0.1) is 0 Å². The summed E-state index contributed by atoms with van der Waals surface area (Å²) in [6.07, 6.45) is 0.890. The van der Waals surface area contributed by atoms with Crippen LogP contribution in [0.3, 0.4) is 0 Å². The molecule has 35 heavy (non-hydrogen) atoms. The minimum Gasteiger partial charge on any atom is -0.497 e. The highest BCUT2D eigenvalue weighted by atomic mass is 16.5. The highest BCUT2D eigenvalue weighted by molar-refractivity contribution is 6.00. The molecule has 0 fully saturated rings. The Morgan fingerprint density at radius 2 is 1.66 bits per heavy atom. The fraction of sp³-hybridized carbons (Fsp3) is 0.148. The molecule has 0 atom stereocenters. The van der Waals surface area contributed by atoms with Crippen LogP contribution in [0, 0.1) is 0 Å². The number of nitrogens with one attached hydrogen (secondary N) is 2. The minimum atomic E-state index is -0.462. The Bertz CT molecular complexity index is 1420. The van der Waals surface area contributed by atoms with Gasteiger partial charge in [-0.25, -0.2) is 4.98 Å². The lowest BCUT2D eigenvalue weighted by Crippen LogP contribution is -2.41. The number of hydrogen-bond donors (Lipinski definition) is 2. The summed E-state index contributed by atoms with van der Waals surface area (Å²) in [5.74, 6) is 1.22. The van der Waals surface area contributed by atoms with Crippen molar-refractivity contribution in [3.8, 4) is 11.5 Å². The largest absolute Gasteiger partial charge is 0.497 e. The smallest absolute Gasteiger partial charge is 0.273 e. The zero-order valence-corrected chi connectivity index (χ0v) is 19.4. The van der Waals surface area contributed by atoms with E-state index in [0.717, 1.165) is 41.1 Å². The number of nitrogens with zero attached hydrogens (tertiary/aromatic N) is 2. The zero-order chi connectivity index (χ0) is 24.4. The van der Waals surface area contributed by atoms with Gasteiger partial charge in [0.25, 0.3) is 11.8 Å². The number of hydrogen-bond acceptors (Lipinski definition) is 6. The van der Waals surface area contributed by atoms with Crippen LogP contribution in [-0.2, 0) is 6.42 Å². The molecule has 0 bridgehead atoms. The standard InChI is InChI=1S/C27H24N4O4/c1-34-21-12-9-18-15-19-13-14-31(25(19)28-23(18)16-21)20-10-7-17(8-11-20)26(32)29-30-27(33)22-5-3-4-6-24(22)35-2/h3-12,15-16H,13-14H2,1-2H3,(H,29,32)(H,30,33). The van der Waals surface area contributed by atoms with E-state index in [9.17, 15) is 9.59 Å². The molecule has 176 valence electrons. The predicted octanol–water partition coefficient (Wildman–Crippen LogP) is 4.02. The number of amides is 2. The predicted molar refractivity (Wildman–Crippen MR) is 133 cm³/mol. The van der Waals surface area contributed by atoms with E-state index in [-0.39, 0.29) is 0 Å². The van der Waals surface area contributed by atoms with Gasteiger partial charge in [-0.05, 0) is 66.6 Å². The Balaban J connectivity index is 1.29. The molecule has 0 saturated carbocycles. The van der Waals surface area contributed by atoms with Crippen molar-refractivity contribution >= 4 is 34.2 Å². The van der Waals surface area contributed by atoms with Crippen molar-refractivity contribution in [3.05, 3.63) is 89.5 Å². The maximum absolute atomic E-state index is 12.6. The van der Waals surface area contributed by atoms with Crippen molar-refractivity contribution in [3.63, 3.8) is 0 Å². The van der Waals surface area contributed by atoms with E-state index >= 15 is 0 Å². The second-order valence-electron chi connectivity index (χ2n) is 8.09. The van der Waals surface area contributed by atoms with Crippen molar-refractivity contribution in [1.29, 1.82) is 0 Å². The van der Waals surface area contributed by atoms with Crippen LogP contribution >= 0.6 is 0 Å². The first-order valence-electron chi connectivity index (χ1n) is 11.2. The zero-order valence-electron chi connectivity index (χ0n) is 19.4. The maximum Gasteiger partial charge on any atom is 0.273 e. The lowest BCUT2D eigenvalue weighted by atomic mass is 10.1. The molecule has 1 aliphatic rings. The van der Waals surface area contributed by atoms with Crippen molar-refractivity contribution in [2.45, 2.75) is 6.42 Å². The molecule has 0 saturated heterocycles. The highest BCUT2D eigenvalue weighted by Crippen LogP contribution is 2.35. The monoisotopic (exact) mass is 468 g/mol. The van der Waals surface area contributed by atoms with E-state index in [2.05, 4.69) is 21.8 Å². The molecule has 8 nitrogen and oxygen atoms in total. The Morgan fingerprint density at radius 1 is 0.886 bits per heavy atom. The summed E-state index contributed by atoms with van der Waals surface area (Å²) in [6, 6.07) is 22.1. The van der Waals surface area contributed by atoms with E-state index in [1.165, 1.54) is 12.7 Å². The second kappa shape index (κ2) is 9.34. The van der Waals surface area contributed by atoms with Gasteiger partial charge in [0, 0.05) is 29.2 Å². The number of methoxy groups -OCH3 is 2. The van der Waals surface area contributed by atoms with Gasteiger partial charge in [0.2, 0.25) is 0 Å². The number of carbonyl (C=O) groups is 2. The number of benzene rings is 3. The molecular formula is C27H24N4O4. The van der Waals surface area contributed by atoms with E-state index in [1.54, 1.807) is 43.5 Å². The van der Waals surface area contributed by atoms with Gasteiger partial charge < -0.3 is 14.4 Å². The molecule has 0 spiro atoms. The molecule has 2 N–H and O–H groups in total. The Kier molecular flexibility index (Phi) is 5.93. The normalized spacial score (nSPS) is 12.2. The van der Waals surface area contributed by atoms with E-state index < -0.39 is 11.8 Å². The number of carbonyl (C=O) groups excluding carboxylic acids is 2. The third kappa shape index (κ3) is 4.33. The first-order valence-corrected chi connectivity index (χ1v) is 11.2. The summed E-state index contributed by atoms with van der Waals surface area (Å²) < 4.78 is 10.5. The van der Waals surface area contributed by atoms with Crippen LogP contribution in [0.15, 0.2) is 72.8 Å². The van der Waals surface area contributed by atoms with Gasteiger partial charge >= 0.3 is 0 Å². The number of ether oxygens (including phenoxy) is 2. The van der Waals surface area contributed by atoms with Crippen LogP contribution in [0.1, 0.15) is 26.3 Å². The number of fused-ring (bicyclic) bond motifs is 2. The molecule has 0 radical (unpaired) electrons. The van der Waals surface area contributed by atoms with Crippen LogP contribution in [0.5, 0.6) is 11.5 Å². The topological polar surface area (TPSA) is 92.8 Å². The number of anilines is 2. The van der Waals surface area contributed by atoms with Gasteiger partial charge in [-0.3, -0.25) is 20.4 Å². The molecule has 3 aromatic carbocycles. The summed E-state index contributed by atoms with van der Waals surface area (Å²) in [5, 5.41) is 1.08. The fourth-order valence-electron chi connectivity index (χ4n) is 4.19. The lowest BCUT2D eigenvalue weighted by Gasteiger charge is -2.19. The van der Waals surface area contributed by atoms with Gasteiger partial charge in [0.1, 0.15) is 17.3 Å². The van der Waals surface area contributed by atoms with Gasteiger partial charge in [0.15, 0.2) is 0 Å². The summed E-state index contributed by atoms with van der Waals surface area (Å²) in [5.41, 5.74) is 8.63. The number of aromatic nitrogens is 1. The number of pyridine rings is 1. The quantitative estimate of drug-likeness (QED) is 0.430. The maximum atomic E-state index is 12.6. The fourth-order valence-corrected chi connectivity index (χ4v) is 4.19. The molecule has 8 heteroatoms. The van der Waals surface area contributed by atoms with E-state index in [0.29, 0.717) is 16.9 Å². The Morgan fingerprint density at radius 3 is 2.43 bits per heavy atom. The molecule has 0 unspecified atom stereocenters. The first-order chi connectivity index (χ1) is 17.1. The molecular weight excluding hydrogens is 444 g/mol. The third-order valence-corrected chi connectivity index (χ3v) is 6.02. The van der Waals surface area contributed by atoms with Gasteiger partial charge in [-0.2, -0.15) is 0 Å². The van der Waals surface area contributed by atoms with Crippen molar-refractivity contribution in [2.75, 3.05) is 25.7 Å². The average Bonchev–Trinajstić information content (AvgIpc) is 3.32. The van der Waals surface area contributed by atoms with Crippen molar-refractivity contribution in [1.82, 2.24) is 15.8 Å². The van der Waals surface area contributed by atoms with Crippen LogP contribution in [0.25, 0.3) is 10.9 Å². The van der Waals surface area contributed by atoms with Crippen molar-refractivity contribution in [2.24, 2.45) is 0 Å². The molecule has 0 aliphatic carbocycles. The molecule has 1 aliphatic heterocycles.